The molecule has 0 aliphatic rings. The number of aliphatic hydroxyl groups excluding tert-OH is 2. The highest BCUT2D eigenvalue weighted by atomic mass is 16.3. The molecule has 0 aromatic carbocycles. The van der Waals surface area contributed by atoms with Crippen LogP contribution < -0.4 is 5.32 Å². The largest absolute Gasteiger partial charge is 0.395 e. The zero-order valence-corrected chi connectivity index (χ0v) is 12.6. The summed E-state index contributed by atoms with van der Waals surface area (Å²) in [5.74, 6) is 0.664. The molecule has 0 aromatic heterocycles. The van der Waals surface area contributed by atoms with Crippen LogP contribution in [0.25, 0.3) is 0 Å². The van der Waals surface area contributed by atoms with Crippen LogP contribution in [0.2, 0.25) is 0 Å². The predicted molar refractivity (Wildman–Crippen MR) is 76.7 cm³/mol. The summed E-state index contributed by atoms with van der Waals surface area (Å²) in [4.78, 5) is 2.14. The topological polar surface area (TPSA) is 55.7 Å². The minimum absolute atomic E-state index is 0.152. The van der Waals surface area contributed by atoms with Gasteiger partial charge in [-0.15, -0.1) is 0 Å². The van der Waals surface area contributed by atoms with Crippen LogP contribution >= 0.6 is 0 Å². The maximum atomic E-state index is 9.04. The van der Waals surface area contributed by atoms with E-state index in [1.165, 1.54) is 0 Å². The average molecular weight is 260 g/mol. The molecule has 0 aliphatic heterocycles. The molecule has 4 heteroatoms. The standard InChI is InChI=1S/C14H32N2O2/c1-5-14(4,11-15-10-13(2)3)12-16(6-8-17)7-9-18/h13,15,17-18H,5-12H2,1-4H3. The van der Waals surface area contributed by atoms with Crippen molar-refractivity contribution in [2.75, 3.05) is 45.9 Å². The maximum Gasteiger partial charge on any atom is 0.0558 e. The van der Waals surface area contributed by atoms with Crippen molar-refractivity contribution in [1.29, 1.82) is 0 Å². The minimum Gasteiger partial charge on any atom is -0.395 e. The van der Waals surface area contributed by atoms with E-state index in [-0.39, 0.29) is 18.6 Å². The first-order valence-electron chi connectivity index (χ1n) is 7.12. The molecular weight excluding hydrogens is 228 g/mol. The van der Waals surface area contributed by atoms with Gasteiger partial charge in [0, 0.05) is 26.2 Å². The second-order valence-electron chi connectivity index (χ2n) is 5.91. The lowest BCUT2D eigenvalue weighted by Gasteiger charge is -2.35. The van der Waals surface area contributed by atoms with E-state index in [0.717, 1.165) is 26.1 Å². The van der Waals surface area contributed by atoms with E-state index in [1.807, 2.05) is 0 Å². The van der Waals surface area contributed by atoms with Gasteiger partial charge in [0.25, 0.3) is 0 Å². The third-order valence-electron chi connectivity index (χ3n) is 3.40. The van der Waals surface area contributed by atoms with Crippen molar-refractivity contribution >= 4 is 0 Å². The Labute approximate surface area is 112 Å². The molecule has 0 radical (unpaired) electrons. The normalized spacial score (nSPS) is 15.3. The van der Waals surface area contributed by atoms with Gasteiger partial charge in [0.1, 0.15) is 0 Å². The van der Waals surface area contributed by atoms with Crippen LogP contribution in [0.15, 0.2) is 0 Å². The molecule has 0 amide bonds. The van der Waals surface area contributed by atoms with Crippen LogP contribution in [0, 0.1) is 11.3 Å². The Morgan fingerprint density at radius 1 is 1.17 bits per heavy atom. The first kappa shape index (κ1) is 17.8. The Kier molecular flexibility index (Phi) is 9.64. The van der Waals surface area contributed by atoms with Crippen molar-refractivity contribution in [2.45, 2.75) is 34.1 Å². The average Bonchev–Trinajstić information content (AvgIpc) is 2.29. The minimum atomic E-state index is 0.152. The second kappa shape index (κ2) is 9.73. The van der Waals surface area contributed by atoms with Crippen molar-refractivity contribution in [3.05, 3.63) is 0 Å². The van der Waals surface area contributed by atoms with Crippen molar-refractivity contribution in [3.63, 3.8) is 0 Å². The summed E-state index contributed by atoms with van der Waals surface area (Å²) < 4.78 is 0. The summed E-state index contributed by atoms with van der Waals surface area (Å²) in [7, 11) is 0. The molecule has 0 bridgehead atoms. The predicted octanol–water partition coefficient (Wildman–Crippen LogP) is 0.935. The summed E-state index contributed by atoms with van der Waals surface area (Å²) >= 11 is 0. The number of aliphatic hydroxyl groups is 2. The van der Waals surface area contributed by atoms with Crippen molar-refractivity contribution in [2.24, 2.45) is 11.3 Å². The zero-order valence-electron chi connectivity index (χ0n) is 12.6. The van der Waals surface area contributed by atoms with E-state index in [4.69, 9.17) is 10.2 Å². The molecule has 110 valence electrons. The van der Waals surface area contributed by atoms with E-state index < -0.39 is 0 Å². The lowest BCUT2D eigenvalue weighted by atomic mass is 9.86. The molecule has 0 rings (SSSR count). The zero-order chi connectivity index (χ0) is 14.0. The molecule has 1 unspecified atom stereocenters. The van der Waals surface area contributed by atoms with E-state index in [1.54, 1.807) is 0 Å². The first-order valence-corrected chi connectivity index (χ1v) is 7.12. The molecule has 0 fully saturated rings. The van der Waals surface area contributed by atoms with Gasteiger partial charge in [-0.25, -0.2) is 0 Å². The molecule has 0 heterocycles. The Balaban J connectivity index is 4.23. The maximum absolute atomic E-state index is 9.04. The highest BCUT2D eigenvalue weighted by molar-refractivity contribution is 4.80. The van der Waals surface area contributed by atoms with Crippen molar-refractivity contribution < 1.29 is 10.2 Å². The van der Waals surface area contributed by atoms with Gasteiger partial charge in [0.15, 0.2) is 0 Å². The van der Waals surface area contributed by atoms with Gasteiger partial charge >= 0.3 is 0 Å². The fourth-order valence-corrected chi connectivity index (χ4v) is 2.05. The lowest BCUT2D eigenvalue weighted by Crippen LogP contribution is -2.44. The first-order chi connectivity index (χ1) is 8.47. The Morgan fingerprint density at radius 3 is 2.11 bits per heavy atom. The van der Waals surface area contributed by atoms with Gasteiger partial charge in [0.05, 0.1) is 13.2 Å². The van der Waals surface area contributed by atoms with Crippen LogP contribution in [0.1, 0.15) is 34.1 Å². The van der Waals surface area contributed by atoms with E-state index in [9.17, 15) is 0 Å². The van der Waals surface area contributed by atoms with Crippen LogP contribution in [0.3, 0.4) is 0 Å². The van der Waals surface area contributed by atoms with Gasteiger partial charge < -0.3 is 15.5 Å². The van der Waals surface area contributed by atoms with Crippen molar-refractivity contribution in [3.8, 4) is 0 Å². The fraction of sp³-hybridized carbons (Fsp3) is 1.00. The number of nitrogens with zero attached hydrogens (tertiary/aromatic N) is 1. The monoisotopic (exact) mass is 260 g/mol. The van der Waals surface area contributed by atoms with Gasteiger partial charge in [0.2, 0.25) is 0 Å². The Hall–Kier alpha value is -0.160. The van der Waals surface area contributed by atoms with Crippen LogP contribution in [0.5, 0.6) is 0 Å². The molecule has 0 saturated heterocycles. The molecule has 4 nitrogen and oxygen atoms in total. The molecule has 0 saturated carbocycles. The van der Waals surface area contributed by atoms with E-state index >= 15 is 0 Å². The van der Waals surface area contributed by atoms with Gasteiger partial charge in [-0.2, -0.15) is 0 Å². The molecule has 1 atom stereocenters. The van der Waals surface area contributed by atoms with Gasteiger partial charge in [-0.1, -0.05) is 27.7 Å². The molecule has 0 aromatic rings. The van der Waals surface area contributed by atoms with Gasteiger partial charge in [-0.05, 0) is 24.3 Å². The van der Waals surface area contributed by atoms with Crippen LogP contribution in [0.4, 0.5) is 0 Å². The summed E-state index contributed by atoms with van der Waals surface area (Å²) in [6, 6.07) is 0. The summed E-state index contributed by atoms with van der Waals surface area (Å²) in [6.07, 6.45) is 1.09. The number of hydrogen-bond donors (Lipinski definition) is 3. The smallest absolute Gasteiger partial charge is 0.0558 e. The van der Waals surface area contributed by atoms with Crippen LogP contribution in [-0.4, -0.2) is 61.1 Å². The molecule has 3 N–H and O–H groups in total. The summed E-state index contributed by atoms with van der Waals surface area (Å²) in [5, 5.41) is 21.6. The number of hydrogen-bond acceptors (Lipinski definition) is 4. The van der Waals surface area contributed by atoms with E-state index in [2.05, 4.69) is 37.9 Å². The number of rotatable bonds is 11. The second-order valence-corrected chi connectivity index (χ2v) is 5.91. The fourth-order valence-electron chi connectivity index (χ4n) is 2.05. The highest BCUT2D eigenvalue weighted by Gasteiger charge is 2.24. The highest BCUT2D eigenvalue weighted by Crippen LogP contribution is 2.21. The summed E-state index contributed by atoms with van der Waals surface area (Å²) in [6.45, 7) is 13.4. The Bertz CT molecular complexity index is 194. The molecule has 0 spiro atoms. The quantitative estimate of drug-likeness (QED) is 0.517. The van der Waals surface area contributed by atoms with Gasteiger partial charge in [-0.3, -0.25) is 4.90 Å². The summed E-state index contributed by atoms with van der Waals surface area (Å²) in [5.41, 5.74) is 0.194. The molecule has 18 heavy (non-hydrogen) atoms. The lowest BCUT2D eigenvalue weighted by molar-refractivity contribution is 0.108. The van der Waals surface area contributed by atoms with Crippen molar-refractivity contribution in [1.82, 2.24) is 10.2 Å². The SMILES string of the molecule is CCC(C)(CNCC(C)C)CN(CCO)CCO. The third kappa shape index (κ3) is 8.03. The van der Waals surface area contributed by atoms with Crippen LogP contribution in [-0.2, 0) is 0 Å². The molecular formula is C14H32N2O2. The van der Waals surface area contributed by atoms with E-state index in [0.29, 0.717) is 19.0 Å². The third-order valence-corrected chi connectivity index (χ3v) is 3.40. The molecule has 0 aliphatic carbocycles. The number of nitrogens with one attached hydrogen (secondary N) is 1. The Morgan fingerprint density at radius 2 is 1.72 bits per heavy atom.